The first-order valence-electron chi connectivity index (χ1n) is 8.16. The van der Waals surface area contributed by atoms with Crippen LogP contribution in [0.1, 0.15) is 35.7 Å². The molecule has 8 nitrogen and oxygen atoms in total. The molecule has 1 fully saturated rings. The van der Waals surface area contributed by atoms with E-state index in [9.17, 15) is 19.2 Å². The van der Waals surface area contributed by atoms with E-state index < -0.39 is 5.91 Å². The zero-order chi connectivity index (χ0) is 18.4. The van der Waals surface area contributed by atoms with E-state index in [4.69, 9.17) is 0 Å². The Morgan fingerprint density at radius 1 is 1.12 bits per heavy atom. The quantitative estimate of drug-likeness (QED) is 0.585. The van der Waals surface area contributed by atoms with Crippen molar-refractivity contribution in [2.24, 2.45) is 0 Å². The molecule has 0 unspecified atom stereocenters. The largest absolute Gasteiger partial charge is 0.326 e. The molecule has 134 valence electrons. The number of nitrogens with one attached hydrogen (secondary N) is 2. The lowest BCUT2D eigenvalue weighted by Gasteiger charge is -2.13. The highest BCUT2D eigenvalue weighted by Gasteiger charge is 2.32. The van der Waals surface area contributed by atoms with E-state index >= 15 is 0 Å². The first kappa shape index (κ1) is 18.4. The van der Waals surface area contributed by atoms with Crippen molar-refractivity contribution in [1.82, 2.24) is 20.7 Å². The fourth-order valence-corrected chi connectivity index (χ4v) is 2.44. The summed E-state index contributed by atoms with van der Waals surface area (Å²) in [4.78, 5) is 49.4. The van der Waals surface area contributed by atoms with E-state index in [0.717, 1.165) is 16.9 Å². The van der Waals surface area contributed by atoms with Gasteiger partial charge < -0.3 is 4.90 Å². The Morgan fingerprint density at radius 3 is 2.36 bits per heavy atom. The summed E-state index contributed by atoms with van der Waals surface area (Å²) >= 11 is 0. The third-order valence-electron chi connectivity index (χ3n) is 3.96. The van der Waals surface area contributed by atoms with Crippen molar-refractivity contribution in [3.05, 3.63) is 35.4 Å². The number of aryl methyl sites for hydroxylation is 1. The van der Waals surface area contributed by atoms with E-state index in [-0.39, 0.29) is 37.4 Å². The molecule has 5 amide bonds. The van der Waals surface area contributed by atoms with Gasteiger partial charge in [-0.3, -0.25) is 30.1 Å². The second kappa shape index (κ2) is 8.27. The number of carbonyl (C=O) groups excluding carboxylic acids is 4. The summed E-state index contributed by atoms with van der Waals surface area (Å²) in [5.41, 5.74) is 6.25. The minimum atomic E-state index is -0.400. The monoisotopic (exact) mass is 346 g/mol. The number of hydrogen-bond acceptors (Lipinski definition) is 4. The van der Waals surface area contributed by atoms with Gasteiger partial charge in [0.15, 0.2) is 0 Å². The van der Waals surface area contributed by atoms with Gasteiger partial charge in [-0.1, -0.05) is 19.1 Å². The van der Waals surface area contributed by atoms with E-state index in [1.807, 2.05) is 19.1 Å². The molecule has 0 radical (unpaired) electrons. The van der Waals surface area contributed by atoms with Gasteiger partial charge in [-0.15, -0.1) is 0 Å². The normalized spacial score (nSPS) is 14.0. The molecule has 0 saturated carbocycles. The maximum Gasteiger partial charge on any atom is 0.326 e. The molecule has 1 aliphatic rings. The first-order chi connectivity index (χ1) is 11.9. The van der Waals surface area contributed by atoms with Crippen LogP contribution in [0.25, 0.3) is 0 Å². The van der Waals surface area contributed by atoms with Crippen molar-refractivity contribution in [3.63, 3.8) is 0 Å². The number of hydrogen-bond donors (Lipinski definition) is 2. The van der Waals surface area contributed by atoms with E-state index in [0.29, 0.717) is 12.0 Å². The molecule has 1 aliphatic heterocycles. The van der Waals surface area contributed by atoms with Gasteiger partial charge in [-0.05, 0) is 30.5 Å². The van der Waals surface area contributed by atoms with Crippen LogP contribution in [0.3, 0.4) is 0 Å². The van der Waals surface area contributed by atoms with Crippen molar-refractivity contribution in [3.8, 4) is 0 Å². The van der Waals surface area contributed by atoms with Crippen LogP contribution in [0, 0.1) is 0 Å². The molecule has 0 atom stereocenters. The third-order valence-corrected chi connectivity index (χ3v) is 3.96. The lowest BCUT2D eigenvalue weighted by Crippen LogP contribution is -2.42. The summed E-state index contributed by atoms with van der Waals surface area (Å²) in [7, 11) is 1.55. The third kappa shape index (κ3) is 4.79. The number of likely N-dealkylation sites (N-methyl/N-ethyl adjacent to an activating group) is 1. The fraction of sp³-hybridized carbons (Fsp3) is 0.412. The van der Waals surface area contributed by atoms with Gasteiger partial charge in [-0.2, -0.15) is 0 Å². The smallest absolute Gasteiger partial charge is 0.318 e. The Bertz CT molecular complexity index is 672. The molecule has 2 rings (SSSR count). The molecule has 8 heteroatoms. The summed E-state index contributed by atoms with van der Waals surface area (Å²) in [6.45, 7) is 2.27. The minimum absolute atomic E-state index is 0.0674. The number of carbonyl (C=O) groups is 4. The Kier molecular flexibility index (Phi) is 6.10. The van der Waals surface area contributed by atoms with Gasteiger partial charge in [0.1, 0.15) is 6.54 Å². The number of amides is 5. The number of imide groups is 1. The second-order valence-corrected chi connectivity index (χ2v) is 5.84. The first-order valence-corrected chi connectivity index (χ1v) is 8.16. The van der Waals surface area contributed by atoms with Crippen LogP contribution in [0.5, 0.6) is 0 Å². The van der Waals surface area contributed by atoms with Crippen LogP contribution in [0.15, 0.2) is 24.3 Å². The average molecular weight is 346 g/mol. The molecule has 0 spiro atoms. The highest BCUT2D eigenvalue weighted by Crippen LogP contribution is 2.09. The van der Waals surface area contributed by atoms with E-state index in [1.165, 1.54) is 4.90 Å². The maximum atomic E-state index is 11.9. The topological polar surface area (TPSA) is 98.8 Å². The fourth-order valence-electron chi connectivity index (χ4n) is 2.44. The number of benzene rings is 1. The van der Waals surface area contributed by atoms with Crippen LogP contribution >= 0.6 is 0 Å². The molecule has 2 N–H and O–H groups in total. The van der Waals surface area contributed by atoms with Crippen molar-refractivity contribution in [2.75, 3.05) is 20.1 Å². The average Bonchev–Trinajstić information content (AvgIpc) is 2.85. The van der Waals surface area contributed by atoms with E-state index in [1.54, 1.807) is 19.2 Å². The van der Waals surface area contributed by atoms with E-state index in [2.05, 4.69) is 10.9 Å². The predicted molar refractivity (Wildman–Crippen MR) is 90.4 cm³/mol. The molecule has 0 aromatic heterocycles. The summed E-state index contributed by atoms with van der Waals surface area (Å²) in [6, 6.07) is 6.76. The number of hydrazine groups is 1. The molecule has 1 aromatic carbocycles. The Morgan fingerprint density at radius 2 is 1.80 bits per heavy atom. The molecule has 1 saturated heterocycles. The molecule has 0 aliphatic carbocycles. The Balaban J connectivity index is 1.70. The molecule has 25 heavy (non-hydrogen) atoms. The Labute approximate surface area is 146 Å². The van der Waals surface area contributed by atoms with Crippen molar-refractivity contribution < 1.29 is 19.2 Å². The van der Waals surface area contributed by atoms with Gasteiger partial charge in [0.2, 0.25) is 11.8 Å². The summed E-state index contributed by atoms with van der Waals surface area (Å²) in [6.07, 6.45) is 1.31. The van der Waals surface area contributed by atoms with Crippen LogP contribution < -0.4 is 10.9 Å². The number of rotatable bonds is 6. The summed E-state index contributed by atoms with van der Waals surface area (Å²) in [5.74, 6) is -1.05. The minimum Gasteiger partial charge on any atom is -0.318 e. The SMILES string of the molecule is CCc1ccc(C(=O)NNC(=O)CCCN2C(=O)CN(C)C2=O)cc1. The molecular formula is C17H22N4O4. The van der Waals surface area contributed by atoms with Crippen molar-refractivity contribution in [1.29, 1.82) is 0 Å². The van der Waals surface area contributed by atoms with Crippen molar-refractivity contribution >= 4 is 23.8 Å². The lowest BCUT2D eigenvalue weighted by atomic mass is 10.1. The predicted octanol–water partition coefficient (Wildman–Crippen LogP) is 0.684. The Hall–Kier alpha value is -2.90. The van der Waals surface area contributed by atoms with Gasteiger partial charge in [0.25, 0.3) is 5.91 Å². The van der Waals surface area contributed by atoms with Gasteiger partial charge in [0.05, 0.1) is 0 Å². The molecule has 1 heterocycles. The standard InChI is InChI=1S/C17H22N4O4/c1-3-12-6-8-13(9-7-12)16(24)19-18-14(22)5-4-10-21-15(23)11-20(2)17(21)25/h6-9H,3-5,10-11H2,1-2H3,(H,18,22)(H,19,24). The highest BCUT2D eigenvalue weighted by atomic mass is 16.2. The molecular weight excluding hydrogens is 324 g/mol. The van der Waals surface area contributed by atoms with Crippen LogP contribution in [-0.4, -0.2) is 53.7 Å². The van der Waals surface area contributed by atoms with Gasteiger partial charge >= 0.3 is 6.03 Å². The van der Waals surface area contributed by atoms with Crippen molar-refractivity contribution in [2.45, 2.75) is 26.2 Å². The number of nitrogens with zero attached hydrogens (tertiary/aromatic N) is 2. The maximum absolute atomic E-state index is 11.9. The van der Waals surface area contributed by atoms with Crippen LogP contribution in [0.4, 0.5) is 4.79 Å². The zero-order valence-electron chi connectivity index (χ0n) is 14.4. The van der Waals surface area contributed by atoms with Gasteiger partial charge in [0, 0.05) is 25.6 Å². The van der Waals surface area contributed by atoms with Crippen LogP contribution in [-0.2, 0) is 16.0 Å². The second-order valence-electron chi connectivity index (χ2n) is 5.84. The molecule has 1 aromatic rings. The van der Waals surface area contributed by atoms with Gasteiger partial charge in [-0.25, -0.2) is 4.79 Å². The number of urea groups is 1. The highest BCUT2D eigenvalue weighted by molar-refractivity contribution is 6.01. The van der Waals surface area contributed by atoms with Crippen LogP contribution in [0.2, 0.25) is 0 Å². The summed E-state index contributed by atoms with van der Waals surface area (Å²) in [5, 5.41) is 0. The zero-order valence-corrected chi connectivity index (χ0v) is 14.4. The summed E-state index contributed by atoms with van der Waals surface area (Å²) < 4.78 is 0. The lowest BCUT2D eigenvalue weighted by molar-refractivity contribution is -0.126. The molecule has 0 bridgehead atoms.